The van der Waals surface area contributed by atoms with Crippen LogP contribution in [-0.2, 0) is 4.74 Å². The quantitative estimate of drug-likeness (QED) is 0.736. The van der Waals surface area contributed by atoms with E-state index in [9.17, 15) is 4.79 Å². The average Bonchev–Trinajstić information content (AvgIpc) is 2.76. The van der Waals surface area contributed by atoms with Gasteiger partial charge in [0.2, 0.25) is 0 Å². The fourth-order valence-corrected chi connectivity index (χ4v) is 2.92. The van der Waals surface area contributed by atoms with Gasteiger partial charge in [-0.3, -0.25) is 4.79 Å². The van der Waals surface area contributed by atoms with E-state index in [2.05, 4.69) is 20.2 Å². The maximum absolute atomic E-state index is 12.8. The second-order valence-electron chi connectivity index (χ2n) is 6.23. The molecule has 142 valence electrons. The Morgan fingerprint density at radius 1 is 1.00 bits per heavy atom. The van der Waals surface area contributed by atoms with E-state index in [0.717, 1.165) is 18.9 Å². The van der Waals surface area contributed by atoms with Crippen molar-refractivity contribution in [3.63, 3.8) is 0 Å². The van der Waals surface area contributed by atoms with Gasteiger partial charge in [-0.2, -0.15) is 0 Å². The van der Waals surface area contributed by atoms with Crippen LogP contribution in [0.4, 0.5) is 11.6 Å². The molecule has 1 aromatic heterocycles. The van der Waals surface area contributed by atoms with Crippen molar-refractivity contribution in [2.24, 2.45) is 0 Å². The van der Waals surface area contributed by atoms with Gasteiger partial charge in [-0.1, -0.05) is 30.3 Å². The highest BCUT2D eigenvalue weighted by Gasteiger charge is 2.16. The molecule has 2 aromatic carbocycles. The van der Waals surface area contributed by atoms with Crippen LogP contribution in [0.3, 0.4) is 0 Å². The van der Waals surface area contributed by atoms with Gasteiger partial charge in [0.1, 0.15) is 29.5 Å². The smallest absolute Gasteiger partial charge is 0.260 e. The number of para-hydroxylation sites is 2. The van der Waals surface area contributed by atoms with E-state index < -0.39 is 0 Å². The minimum Gasteiger partial charge on any atom is -0.457 e. The lowest BCUT2D eigenvalue weighted by atomic mass is 10.2. The molecule has 0 spiro atoms. The molecule has 0 atom stereocenters. The predicted octanol–water partition coefficient (Wildman–Crippen LogP) is 3.36. The van der Waals surface area contributed by atoms with Crippen LogP contribution in [0.25, 0.3) is 0 Å². The Bertz CT molecular complexity index is 943. The first-order valence-corrected chi connectivity index (χ1v) is 9.07. The van der Waals surface area contributed by atoms with Gasteiger partial charge in [0.05, 0.1) is 18.8 Å². The van der Waals surface area contributed by atoms with E-state index in [1.807, 2.05) is 36.4 Å². The van der Waals surface area contributed by atoms with Crippen molar-refractivity contribution >= 4 is 17.5 Å². The summed E-state index contributed by atoms with van der Waals surface area (Å²) in [7, 11) is 0. The van der Waals surface area contributed by atoms with Gasteiger partial charge in [-0.25, -0.2) is 9.97 Å². The zero-order valence-electron chi connectivity index (χ0n) is 15.2. The number of carbonyl (C=O) groups is 1. The maximum atomic E-state index is 12.8. The van der Waals surface area contributed by atoms with Gasteiger partial charge in [-0.15, -0.1) is 0 Å². The summed E-state index contributed by atoms with van der Waals surface area (Å²) in [6, 6.07) is 18.2. The molecule has 1 saturated heterocycles. The molecule has 4 rings (SSSR count). The zero-order chi connectivity index (χ0) is 19.2. The molecule has 1 amide bonds. The first-order valence-electron chi connectivity index (χ1n) is 9.07. The van der Waals surface area contributed by atoms with Crippen molar-refractivity contribution in [3.8, 4) is 11.5 Å². The Balaban J connectivity index is 1.51. The number of aromatic nitrogens is 2. The van der Waals surface area contributed by atoms with Crippen LogP contribution in [0, 0.1) is 0 Å². The van der Waals surface area contributed by atoms with Crippen molar-refractivity contribution in [2.75, 3.05) is 36.5 Å². The minimum atomic E-state index is -0.293. The molecular formula is C21H20N4O3. The van der Waals surface area contributed by atoms with E-state index in [-0.39, 0.29) is 5.91 Å². The Morgan fingerprint density at radius 3 is 2.57 bits per heavy atom. The standard InChI is InChI=1S/C21H20N4O3/c26-21(17-8-4-5-9-18(17)28-16-6-2-1-3-7-16)24-19-14-20(23-15-22-19)25-10-12-27-13-11-25/h1-9,14-15H,10-13H2,(H,22,23,24,26). The number of nitrogens with zero attached hydrogens (tertiary/aromatic N) is 3. The van der Waals surface area contributed by atoms with E-state index in [1.54, 1.807) is 24.3 Å². The summed E-state index contributed by atoms with van der Waals surface area (Å²) in [4.78, 5) is 23.4. The van der Waals surface area contributed by atoms with Gasteiger partial charge in [0.15, 0.2) is 0 Å². The number of hydrogen-bond donors (Lipinski definition) is 1. The van der Waals surface area contributed by atoms with Crippen molar-refractivity contribution in [1.82, 2.24) is 9.97 Å². The molecule has 1 fully saturated rings. The Labute approximate surface area is 163 Å². The lowest BCUT2D eigenvalue weighted by Gasteiger charge is -2.27. The first kappa shape index (κ1) is 17.9. The molecule has 2 heterocycles. The van der Waals surface area contributed by atoms with Crippen LogP contribution < -0.4 is 15.0 Å². The predicted molar refractivity (Wildman–Crippen MR) is 106 cm³/mol. The molecule has 0 aliphatic carbocycles. The summed E-state index contributed by atoms with van der Waals surface area (Å²) in [6.07, 6.45) is 1.45. The van der Waals surface area contributed by atoms with Gasteiger partial charge in [0.25, 0.3) is 5.91 Å². The maximum Gasteiger partial charge on any atom is 0.260 e. The topological polar surface area (TPSA) is 76.6 Å². The zero-order valence-corrected chi connectivity index (χ0v) is 15.2. The highest BCUT2D eigenvalue weighted by molar-refractivity contribution is 6.05. The molecule has 28 heavy (non-hydrogen) atoms. The fourth-order valence-electron chi connectivity index (χ4n) is 2.92. The summed E-state index contributed by atoms with van der Waals surface area (Å²) in [5.41, 5.74) is 0.429. The van der Waals surface area contributed by atoms with Gasteiger partial charge in [0, 0.05) is 19.2 Å². The molecule has 1 aliphatic heterocycles. The third-order valence-corrected chi connectivity index (χ3v) is 4.33. The molecular weight excluding hydrogens is 356 g/mol. The molecule has 1 N–H and O–H groups in total. The van der Waals surface area contributed by atoms with Crippen molar-refractivity contribution < 1.29 is 14.3 Å². The molecule has 1 aliphatic rings. The Kier molecular flexibility index (Phi) is 5.44. The molecule has 7 nitrogen and oxygen atoms in total. The van der Waals surface area contributed by atoms with E-state index in [1.165, 1.54) is 6.33 Å². The van der Waals surface area contributed by atoms with Crippen LogP contribution in [0.15, 0.2) is 67.0 Å². The lowest BCUT2D eigenvalue weighted by Crippen LogP contribution is -2.36. The summed E-state index contributed by atoms with van der Waals surface area (Å²) in [6.45, 7) is 2.85. The number of nitrogens with one attached hydrogen (secondary N) is 1. The summed E-state index contributed by atoms with van der Waals surface area (Å²) < 4.78 is 11.2. The third-order valence-electron chi connectivity index (χ3n) is 4.33. The van der Waals surface area contributed by atoms with Crippen LogP contribution in [0.5, 0.6) is 11.5 Å². The fraction of sp³-hybridized carbons (Fsp3) is 0.190. The molecule has 7 heteroatoms. The van der Waals surface area contributed by atoms with Gasteiger partial charge >= 0.3 is 0 Å². The lowest BCUT2D eigenvalue weighted by molar-refractivity contribution is 0.102. The number of hydrogen-bond acceptors (Lipinski definition) is 6. The normalized spacial score (nSPS) is 13.8. The van der Waals surface area contributed by atoms with Crippen LogP contribution >= 0.6 is 0 Å². The van der Waals surface area contributed by atoms with E-state index >= 15 is 0 Å². The van der Waals surface area contributed by atoms with E-state index in [0.29, 0.717) is 36.1 Å². The number of rotatable bonds is 5. The Hall–Kier alpha value is -3.45. The number of morpholine rings is 1. The highest BCUT2D eigenvalue weighted by atomic mass is 16.5. The molecule has 0 saturated carbocycles. The third kappa shape index (κ3) is 4.27. The van der Waals surface area contributed by atoms with Crippen molar-refractivity contribution in [1.29, 1.82) is 0 Å². The number of anilines is 2. The molecule has 0 unspecified atom stereocenters. The van der Waals surface area contributed by atoms with Gasteiger partial charge in [-0.05, 0) is 24.3 Å². The first-order chi connectivity index (χ1) is 13.8. The van der Waals surface area contributed by atoms with Crippen molar-refractivity contribution in [2.45, 2.75) is 0 Å². The summed E-state index contributed by atoms with van der Waals surface area (Å²) in [5, 5.41) is 2.84. The van der Waals surface area contributed by atoms with Crippen molar-refractivity contribution in [3.05, 3.63) is 72.6 Å². The molecule has 0 bridgehead atoms. The summed E-state index contributed by atoms with van der Waals surface area (Å²) >= 11 is 0. The number of ether oxygens (including phenoxy) is 2. The highest BCUT2D eigenvalue weighted by Crippen LogP contribution is 2.26. The van der Waals surface area contributed by atoms with Crippen LogP contribution in [0.1, 0.15) is 10.4 Å². The second kappa shape index (κ2) is 8.49. The average molecular weight is 376 g/mol. The van der Waals surface area contributed by atoms with Crippen LogP contribution in [0.2, 0.25) is 0 Å². The van der Waals surface area contributed by atoms with Gasteiger partial charge < -0.3 is 19.7 Å². The second-order valence-corrected chi connectivity index (χ2v) is 6.23. The minimum absolute atomic E-state index is 0.293. The number of benzene rings is 2. The number of carbonyl (C=O) groups excluding carboxylic acids is 1. The largest absolute Gasteiger partial charge is 0.457 e. The van der Waals surface area contributed by atoms with Crippen LogP contribution in [-0.4, -0.2) is 42.2 Å². The SMILES string of the molecule is O=C(Nc1cc(N2CCOCC2)ncn1)c1ccccc1Oc1ccccc1. The molecule has 0 radical (unpaired) electrons. The number of amides is 1. The molecule has 3 aromatic rings. The summed E-state index contributed by atoms with van der Waals surface area (Å²) in [5.74, 6) is 2.06. The monoisotopic (exact) mass is 376 g/mol. The Morgan fingerprint density at radius 2 is 1.75 bits per heavy atom. The van der Waals surface area contributed by atoms with E-state index in [4.69, 9.17) is 9.47 Å².